The van der Waals surface area contributed by atoms with Crippen molar-refractivity contribution >= 4 is 16.3 Å². The van der Waals surface area contributed by atoms with Crippen molar-refractivity contribution < 1.29 is 4.74 Å². The van der Waals surface area contributed by atoms with Gasteiger partial charge in [0.2, 0.25) is 4.96 Å². The third-order valence-corrected chi connectivity index (χ3v) is 3.83. The van der Waals surface area contributed by atoms with Gasteiger partial charge in [0.15, 0.2) is 5.82 Å². The molecule has 0 amide bonds. The van der Waals surface area contributed by atoms with Gasteiger partial charge in [-0.1, -0.05) is 0 Å². The molecule has 3 rings (SSSR count). The predicted molar refractivity (Wildman–Crippen MR) is 75.6 cm³/mol. The molecule has 0 unspecified atom stereocenters. The van der Waals surface area contributed by atoms with Crippen LogP contribution >= 0.6 is 11.3 Å². The highest BCUT2D eigenvalue weighted by Crippen LogP contribution is 2.25. The Morgan fingerprint density at radius 1 is 1.26 bits per heavy atom. The molecule has 0 saturated heterocycles. The maximum absolute atomic E-state index is 5.64. The van der Waals surface area contributed by atoms with E-state index in [0.29, 0.717) is 6.54 Å². The molecule has 0 aliphatic heterocycles. The van der Waals surface area contributed by atoms with Crippen LogP contribution in [0.5, 0.6) is 5.75 Å². The van der Waals surface area contributed by atoms with Crippen LogP contribution in [0, 0.1) is 0 Å². The second kappa shape index (κ2) is 4.99. The zero-order valence-electron chi connectivity index (χ0n) is 10.5. The van der Waals surface area contributed by atoms with E-state index >= 15 is 0 Å². The predicted octanol–water partition coefficient (Wildman–Crippen LogP) is 1.97. The van der Waals surface area contributed by atoms with Crippen molar-refractivity contribution in [3.8, 4) is 17.1 Å². The highest BCUT2D eigenvalue weighted by atomic mass is 32.1. The van der Waals surface area contributed by atoms with Crippen LogP contribution in [0.25, 0.3) is 16.3 Å². The summed E-state index contributed by atoms with van der Waals surface area (Å²) in [6.45, 7) is 0.617. The van der Waals surface area contributed by atoms with Crippen molar-refractivity contribution in [3.63, 3.8) is 0 Å². The van der Waals surface area contributed by atoms with Gasteiger partial charge in [-0.2, -0.15) is 0 Å². The van der Waals surface area contributed by atoms with Gasteiger partial charge in [-0.25, -0.2) is 0 Å². The van der Waals surface area contributed by atoms with Crippen LogP contribution in [0.3, 0.4) is 0 Å². The minimum Gasteiger partial charge on any atom is -0.497 e. The molecule has 2 heterocycles. The van der Waals surface area contributed by atoms with E-state index in [4.69, 9.17) is 10.5 Å². The summed E-state index contributed by atoms with van der Waals surface area (Å²) in [6.07, 6.45) is 0.821. The lowest BCUT2D eigenvalue weighted by molar-refractivity contribution is 0.415. The Morgan fingerprint density at radius 3 is 2.74 bits per heavy atom. The number of nitrogens with two attached hydrogens (primary N) is 1. The maximum atomic E-state index is 5.64. The van der Waals surface area contributed by atoms with E-state index in [0.717, 1.165) is 34.2 Å². The van der Waals surface area contributed by atoms with Crippen LogP contribution < -0.4 is 10.5 Å². The molecule has 0 fully saturated rings. The summed E-state index contributed by atoms with van der Waals surface area (Å²) in [4.78, 5) is 0.897. The van der Waals surface area contributed by atoms with Gasteiger partial charge >= 0.3 is 0 Å². The second-order valence-corrected chi connectivity index (χ2v) is 4.97. The SMILES string of the molecule is COc1ccc(-c2nnc3scc(CCN)n23)cc1. The van der Waals surface area contributed by atoms with Crippen LogP contribution in [0.15, 0.2) is 29.6 Å². The van der Waals surface area contributed by atoms with Crippen LogP contribution in [-0.2, 0) is 6.42 Å². The number of benzene rings is 1. The standard InChI is InChI=1S/C13H14N4OS/c1-18-11-4-2-9(3-5-11)12-15-16-13-17(12)10(6-7-14)8-19-13/h2-5,8H,6-7,14H2,1H3. The number of rotatable bonds is 4. The molecular formula is C13H14N4OS. The molecule has 0 bridgehead atoms. The Hall–Kier alpha value is -1.92. The summed E-state index contributed by atoms with van der Waals surface area (Å²) in [5.41, 5.74) is 7.81. The Kier molecular flexibility index (Phi) is 3.18. The monoisotopic (exact) mass is 274 g/mol. The fraction of sp³-hybridized carbons (Fsp3) is 0.231. The highest BCUT2D eigenvalue weighted by molar-refractivity contribution is 7.15. The molecule has 98 valence electrons. The molecule has 1 aromatic carbocycles. The molecule has 2 aromatic heterocycles. The number of thiazole rings is 1. The van der Waals surface area contributed by atoms with E-state index in [1.54, 1.807) is 18.4 Å². The van der Waals surface area contributed by atoms with E-state index in [9.17, 15) is 0 Å². The molecule has 0 saturated carbocycles. The Balaban J connectivity index is 2.10. The molecule has 3 aromatic rings. The molecular weight excluding hydrogens is 260 g/mol. The molecule has 6 heteroatoms. The molecule has 19 heavy (non-hydrogen) atoms. The van der Waals surface area contributed by atoms with Gasteiger partial charge in [0.1, 0.15) is 5.75 Å². The van der Waals surface area contributed by atoms with E-state index < -0.39 is 0 Å². The lowest BCUT2D eigenvalue weighted by Gasteiger charge is -2.03. The first-order chi connectivity index (χ1) is 9.33. The zero-order chi connectivity index (χ0) is 13.2. The molecule has 2 N–H and O–H groups in total. The van der Waals surface area contributed by atoms with Gasteiger partial charge in [-0.05, 0) is 30.8 Å². The fourth-order valence-electron chi connectivity index (χ4n) is 2.02. The number of ether oxygens (including phenoxy) is 1. The molecule has 0 spiro atoms. The quantitative estimate of drug-likeness (QED) is 0.790. The van der Waals surface area contributed by atoms with E-state index in [2.05, 4.69) is 20.0 Å². The first-order valence-corrected chi connectivity index (χ1v) is 6.87. The third-order valence-electron chi connectivity index (χ3n) is 2.97. The molecule has 0 aliphatic rings. The highest BCUT2D eigenvalue weighted by Gasteiger charge is 2.13. The number of nitrogens with zero attached hydrogens (tertiary/aromatic N) is 3. The largest absolute Gasteiger partial charge is 0.497 e. The average Bonchev–Trinajstić information content (AvgIpc) is 3.02. The summed E-state index contributed by atoms with van der Waals surface area (Å²) >= 11 is 1.59. The van der Waals surface area contributed by atoms with Crippen molar-refractivity contribution in [2.24, 2.45) is 5.73 Å². The van der Waals surface area contributed by atoms with E-state index in [-0.39, 0.29) is 0 Å². The number of hydrogen-bond acceptors (Lipinski definition) is 5. The lowest BCUT2D eigenvalue weighted by Crippen LogP contribution is -2.05. The van der Waals surface area contributed by atoms with Crippen LogP contribution in [0.1, 0.15) is 5.69 Å². The van der Waals surface area contributed by atoms with Crippen molar-refractivity contribution in [1.82, 2.24) is 14.6 Å². The Bertz CT molecular complexity index is 686. The summed E-state index contributed by atoms with van der Waals surface area (Å²) in [5.74, 6) is 1.68. The van der Waals surface area contributed by atoms with Crippen molar-refractivity contribution in [3.05, 3.63) is 35.3 Å². The van der Waals surface area contributed by atoms with Gasteiger partial charge in [0, 0.05) is 23.1 Å². The first-order valence-electron chi connectivity index (χ1n) is 5.99. The number of hydrogen-bond donors (Lipinski definition) is 1. The van der Waals surface area contributed by atoms with Gasteiger partial charge in [-0.15, -0.1) is 21.5 Å². The molecule has 0 aliphatic carbocycles. The zero-order valence-corrected chi connectivity index (χ0v) is 11.4. The van der Waals surface area contributed by atoms with Gasteiger partial charge in [0.05, 0.1) is 7.11 Å². The van der Waals surface area contributed by atoms with E-state index in [1.807, 2.05) is 24.3 Å². The fourth-order valence-corrected chi connectivity index (χ4v) is 2.89. The molecule has 5 nitrogen and oxygen atoms in total. The Labute approximate surface area is 114 Å². The minimum atomic E-state index is 0.617. The van der Waals surface area contributed by atoms with Crippen molar-refractivity contribution in [2.45, 2.75) is 6.42 Å². The minimum absolute atomic E-state index is 0.617. The average molecular weight is 274 g/mol. The smallest absolute Gasteiger partial charge is 0.216 e. The van der Waals surface area contributed by atoms with Crippen LogP contribution in [0.4, 0.5) is 0 Å². The van der Waals surface area contributed by atoms with Gasteiger partial charge in [-0.3, -0.25) is 4.40 Å². The molecule has 0 atom stereocenters. The van der Waals surface area contributed by atoms with Gasteiger partial charge < -0.3 is 10.5 Å². The lowest BCUT2D eigenvalue weighted by atomic mass is 10.2. The third kappa shape index (κ3) is 2.09. The first kappa shape index (κ1) is 12.1. The normalized spacial score (nSPS) is 11.1. The van der Waals surface area contributed by atoms with Crippen LogP contribution in [-0.4, -0.2) is 28.3 Å². The van der Waals surface area contributed by atoms with Crippen LogP contribution in [0.2, 0.25) is 0 Å². The maximum Gasteiger partial charge on any atom is 0.216 e. The van der Waals surface area contributed by atoms with Gasteiger partial charge in [0.25, 0.3) is 0 Å². The summed E-state index contributed by atoms with van der Waals surface area (Å²) in [7, 11) is 1.66. The number of fused-ring (bicyclic) bond motifs is 1. The van der Waals surface area contributed by atoms with Crippen molar-refractivity contribution in [2.75, 3.05) is 13.7 Å². The topological polar surface area (TPSA) is 65.4 Å². The second-order valence-electron chi connectivity index (χ2n) is 4.14. The number of methoxy groups -OCH3 is 1. The molecule has 0 radical (unpaired) electrons. The Morgan fingerprint density at radius 2 is 2.05 bits per heavy atom. The summed E-state index contributed by atoms with van der Waals surface area (Å²) in [6, 6.07) is 7.81. The summed E-state index contributed by atoms with van der Waals surface area (Å²) < 4.78 is 7.23. The number of aromatic nitrogens is 3. The van der Waals surface area contributed by atoms with Crippen molar-refractivity contribution in [1.29, 1.82) is 0 Å². The van der Waals surface area contributed by atoms with E-state index in [1.165, 1.54) is 0 Å². The summed E-state index contributed by atoms with van der Waals surface area (Å²) in [5, 5.41) is 10.6.